The van der Waals surface area contributed by atoms with Gasteiger partial charge in [0, 0.05) is 6.61 Å². The lowest BCUT2D eigenvalue weighted by Gasteiger charge is -2.30. The van der Waals surface area contributed by atoms with Crippen LogP contribution in [0, 0.1) is 5.92 Å². The molecule has 5 heteroatoms. The number of hydrogen-bond donors (Lipinski definition) is 1. The van der Waals surface area contributed by atoms with E-state index in [1.165, 1.54) is 0 Å². The van der Waals surface area contributed by atoms with Crippen LogP contribution in [-0.2, 0) is 16.8 Å². The van der Waals surface area contributed by atoms with Gasteiger partial charge in [-0.1, -0.05) is 19.0 Å². The quantitative estimate of drug-likeness (QED) is 0.888. The molecule has 0 amide bonds. The number of ether oxygens (including phenoxy) is 1. The highest BCUT2D eigenvalue weighted by molar-refractivity contribution is 5.01. The van der Waals surface area contributed by atoms with Crippen LogP contribution in [-0.4, -0.2) is 28.0 Å². The second-order valence-corrected chi connectivity index (χ2v) is 6.04. The van der Waals surface area contributed by atoms with Crippen LogP contribution in [0.1, 0.15) is 58.2 Å². The van der Waals surface area contributed by atoms with Crippen molar-refractivity contribution in [2.75, 3.05) is 6.61 Å². The lowest BCUT2D eigenvalue weighted by atomic mass is 9.95. The zero-order valence-corrected chi connectivity index (χ0v) is 12.1. The average Bonchev–Trinajstić information content (AvgIpc) is 2.78. The van der Waals surface area contributed by atoms with Crippen LogP contribution >= 0.6 is 0 Å². The first kappa shape index (κ1) is 14.5. The molecule has 0 bridgehead atoms. The Hall–Kier alpha value is -0.940. The van der Waals surface area contributed by atoms with Gasteiger partial charge >= 0.3 is 0 Å². The normalized spacial score (nSPS) is 25.7. The molecule has 1 aromatic heterocycles. The molecule has 1 N–H and O–H groups in total. The highest BCUT2D eigenvalue weighted by Gasteiger charge is 2.35. The molecule has 1 aromatic rings. The molecule has 2 heterocycles. The lowest BCUT2D eigenvalue weighted by molar-refractivity contribution is -0.0770. The SMILES string of the molecule is CC(C)CC(O)Cc1nc(C2(C)CCCCO2)no1. The van der Waals surface area contributed by atoms with Gasteiger partial charge in [0.1, 0.15) is 5.60 Å². The van der Waals surface area contributed by atoms with Gasteiger partial charge in [-0.25, -0.2) is 0 Å². The summed E-state index contributed by atoms with van der Waals surface area (Å²) in [4.78, 5) is 4.39. The second kappa shape index (κ2) is 6.01. The number of hydrogen-bond acceptors (Lipinski definition) is 5. The van der Waals surface area contributed by atoms with E-state index in [4.69, 9.17) is 9.26 Å². The Labute approximate surface area is 114 Å². The molecule has 108 valence electrons. The van der Waals surface area contributed by atoms with E-state index in [1.807, 2.05) is 6.92 Å². The Bertz CT molecular complexity index is 397. The molecule has 0 radical (unpaired) electrons. The summed E-state index contributed by atoms with van der Waals surface area (Å²) in [6.45, 7) is 6.92. The maximum Gasteiger partial charge on any atom is 0.229 e. The third-order valence-electron chi connectivity index (χ3n) is 3.56. The van der Waals surface area contributed by atoms with Gasteiger partial charge in [0.15, 0.2) is 0 Å². The van der Waals surface area contributed by atoms with Gasteiger partial charge in [0.2, 0.25) is 11.7 Å². The predicted octanol–water partition coefficient (Wildman–Crippen LogP) is 2.43. The Morgan fingerprint density at radius 1 is 1.37 bits per heavy atom. The summed E-state index contributed by atoms with van der Waals surface area (Å²) < 4.78 is 11.0. The van der Waals surface area contributed by atoms with Crippen molar-refractivity contribution in [3.8, 4) is 0 Å². The summed E-state index contributed by atoms with van der Waals surface area (Å²) in [7, 11) is 0. The van der Waals surface area contributed by atoms with E-state index in [0.29, 0.717) is 24.1 Å². The minimum Gasteiger partial charge on any atom is -0.393 e. The smallest absolute Gasteiger partial charge is 0.229 e. The molecular weight excluding hydrogens is 244 g/mol. The van der Waals surface area contributed by atoms with Crippen LogP contribution in [0.15, 0.2) is 4.52 Å². The number of nitrogens with zero attached hydrogens (tertiary/aromatic N) is 2. The molecule has 2 rings (SSSR count). The Morgan fingerprint density at radius 3 is 2.79 bits per heavy atom. The number of aromatic nitrogens is 2. The van der Waals surface area contributed by atoms with E-state index < -0.39 is 11.7 Å². The van der Waals surface area contributed by atoms with E-state index in [2.05, 4.69) is 24.0 Å². The van der Waals surface area contributed by atoms with E-state index in [0.717, 1.165) is 32.3 Å². The monoisotopic (exact) mass is 268 g/mol. The molecule has 1 fully saturated rings. The number of aliphatic hydroxyl groups excluding tert-OH is 1. The largest absolute Gasteiger partial charge is 0.393 e. The Balaban J connectivity index is 1.98. The molecule has 2 atom stereocenters. The summed E-state index contributed by atoms with van der Waals surface area (Å²) in [5, 5.41) is 13.9. The summed E-state index contributed by atoms with van der Waals surface area (Å²) in [6.07, 6.45) is 3.87. The molecule has 1 aliphatic heterocycles. The molecule has 5 nitrogen and oxygen atoms in total. The van der Waals surface area contributed by atoms with Crippen LogP contribution in [0.5, 0.6) is 0 Å². The van der Waals surface area contributed by atoms with E-state index in [-0.39, 0.29) is 0 Å². The van der Waals surface area contributed by atoms with Gasteiger partial charge < -0.3 is 14.4 Å². The fourth-order valence-electron chi connectivity index (χ4n) is 2.49. The molecule has 0 saturated carbocycles. The molecule has 2 unspecified atom stereocenters. The summed E-state index contributed by atoms with van der Waals surface area (Å²) in [5.74, 6) is 1.56. The topological polar surface area (TPSA) is 68.4 Å². The fourth-order valence-corrected chi connectivity index (χ4v) is 2.49. The minimum absolute atomic E-state index is 0.418. The molecule has 19 heavy (non-hydrogen) atoms. The zero-order valence-electron chi connectivity index (χ0n) is 12.1. The van der Waals surface area contributed by atoms with Crippen molar-refractivity contribution >= 4 is 0 Å². The van der Waals surface area contributed by atoms with Crippen LogP contribution in [0.4, 0.5) is 0 Å². The fraction of sp³-hybridized carbons (Fsp3) is 0.857. The van der Waals surface area contributed by atoms with Crippen LogP contribution in [0.2, 0.25) is 0 Å². The van der Waals surface area contributed by atoms with Crippen molar-refractivity contribution in [3.05, 3.63) is 11.7 Å². The Morgan fingerprint density at radius 2 is 2.16 bits per heavy atom. The van der Waals surface area contributed by atoms with E-state index in [9.17, 15) is 5.11 Å². The molecule has 1 saturated heterocycles. The third kappa shape index (κ3) is 3.76. The van der Waals surface area contributed by atoms with Crippen molar-refractivity contribution in [2.24, 2.45) is 5.92 Å². The van der Waals surface area contributed by atoms with Crippen molar-refractivity contribution < 1.29 is 14.4 Å². The van der Waals surface area contributed by atoms with Crippen molar-refractivity contribution in [1.29, 1.82) is 0 Å². The number of aliphatic hydroxyl groups is 1. The van der Waals surface area contributed by atoms with Gasteiger partial charge in [0.25, 0.3) is 0 Å². The summed E-state index contributed by atoms with van der Waals surface area (Å²) >= 11 is 0. The lowest BCUT2D eigenvalue weighted by Crippen LogP contribution is -2.31. The van der Waals surface area contributed by atoms with E-state index in [1.54, 1.807) is 0 Å². The van der Waals surface area contributed by atoms with Gasteiger partial charge in [-0.3, -0.25) is 0 Å². The molecule has 0 aromatic carbocycles. The van der Waals surface area contributed by atoms with Gasteiger partial charge in [-0.05, 0) is 38.5 Å². The average molecular weight is 268 g/mol. The summed E-state index contributed by atoms with van der Waals surface area (Å²) in [6, 6.07) is 0. The van der Waals surface area contributed by atoms with Crippen LogP contribution < -0.4 is 0 Å². The second-order valence-electron chi connectivity index (χ2n) is 6.04. The molecule has 0 aliphatic carbocycles. The zero-order chi connectivity index (χ0) is 13.9. The first-order valence-electron chi connectivity index (χ1n) is 7.15. The maximum absolute atomic E-state index is 9.90. The third-order valence-corrected chi connectivity index (χ3v) is 3.56. The minimum atomic E-state index is -0.428. The highest BCUT2D eigenvalue weighted by atomic mass is 16.5. The first-order chi connectivity index (χ1) is 8.99. The molecular formula is C14H24N2O3. The molecule has 0 spiro atoms. The maximum atomic E-state index is 9.90. The van der Waals surface area contributed by atoms with Gasteiger partial charge in [-0.2, -0.15) is 4.98 Å². The van der Waals surface area contributed by atoms with E-state index >= 15 is 0 Å². The standard InChI is InChI=1S/C14H24N2O3/c1-10(2)8-11(17)9-12-15-13(16-19-12)14(3)6-4-5-7-18-14/h10-11,17H,4-9H2,1-3H3. The van der Waals surface area contributed by atoms with Crippen molar-refractivity contribution in [3.63, 3.8) is 0 Å². The summed E-state index contributed by atoms with van der Waals surface area (Å²) in [5.41, 5.74) is -0.428. The first-order valence-corrected chi connectivity index (χ1v) is 7.15. The van der Waals surface area contributed by atoms with Crippen molar-refractivity contribution in [1.82, 2.24) is 10.1 Å². The van der Waals surface area contributed by atoms with Gasteiger partial charge in [0.05, 0.1) is 12.5 Å². The van der Waals surface area contributed by atoms with Crippen molar-refractivity contribution in [2.45, 2.75) is 64.6 Å². The Kier molecular flexibility index (Phi) is 4.58. The predicted molar refractivity (Wildman–Crippen MR) is 70.6 cm³/mol. The molecule has 1 aliphatic rings. The van der Waals surface area contributed by atoms with Crippen LogP contribution in [0.25, 0.3) is 0 Å². The highest BCUT2D eigenvalue weighted by Crippen LogP contribution is 2.32. The number of rotatable bonds is 5. The van der Waals surface area contributed by atoms with Gasteiger partial charge in [-0.15, -0.1) is 0 Å². The van der Waals surface area contributed by atoms with Crippen LogP contribution in [0.3, 0.4) is 0 Å².